The first-order valence-corrected chi connectivity index (χ1v) is 16.5. The Morgan fingerprint density at radius 3 is 2.29 bits per heavy atom. The summed E-state index contributed by atoms with van der Waals surface area (Å²) in [7, 11) is 5.49. The molecule has 0 saturated carbocycles. The lowest BCUT2D eigenvalue weighted by Gasteiger charge is -2.22. The maximum atomic E-state index is 13.3. The summed E-state index contributed by atoms with van der Waals surface area (Å²) >= 11 is 11.9. The normalized spacial score (nSPS) is 11.0. The summed E-state index contributed by atoms with van der Waals surface area (Å²) in [6.07, 6.45) is -0.651. The molecule has 0 fully saturated rings. The number of alkyl halides is 2. The topological polar surface area (TPSA) is 108 Å². The van der Waals surface area contributed by atoms with Gasteiger partial charge in [-0.25, -0.2) is 9.78 Å². The summed E-state index contributed by atoms with van der Waals surface area (Å²) in [4.78, 5) is 35.1. The van der Waals surface area contributed by atoms with E-state index >= 15 is 0 Å². The molecule has 10 nitrogen and oxygen atoms in total. The Bertz CT molecular complexity index is 1880. The first-order valence-electron chi connectivity index (χ1n) is 15.5. The van der Waals surface area contributed by atoms with Crippen LogP contribution in [0.25, 0.3) is 21.8 Å². The van der Waals surface area contributed by atoms with Gasteiger partial charge >= 0.3 is 6.09 Å². The second-order valence-corrected chi connectivity index (χ2v) is 11.9. The molecule has 12 heteroatoms. The van der Waals surface area contributed by atoms with Crippen molar-refractivity contribution in [2.45, 2.75) is 0 Å². The van der Waals surface area contributed by atoms with E-state index in [1.54, 1.807) is 43.5 Å². The van der Waals surface area contributed by atoms with Crippen molar-refractivity contribution in [3.8, 4) is 11.5 Å². The van der Waals surface area contributed by atoms with E-state index in [2.05, 4.69) is 20.9 Å². The van der Waals surface area contributed by atoms with Crippen molar-refractivity contribution in [1.29, 1.82) is 0 Å². The van der Waals surface area contributed by atoms with Gasteiger partial charge in [-0.05, 0) is 68.7 Å². The van der Waals surface area contributed by atoms with Crippen LogP contribution in [0.5, 0.6) is 11.5 Å². The molecule has 3 N–H and O–H groups in total. The Labute approximate surface area is 289 Å². The van der Waals surface area contributed by atoms with E-state index in [0.717, 1.165) is 27.7 Å². The molecular weight excluding hydrogens is 651 g/mol. The summed E-state index contributed by atoms with van der Waals surface area (Å²) in [5.41, 5.74) is 4.52. The van der Waals surface area contributed by atoms with Gasteiger partial charge < -0.3 is 29.9 Å². The number of halogens is 2. The molecule has 0 unspecified atom stereocenters. The molecule has 5 aromatic rings. The minimum Gasteiger partial charge on any atom is -0.495 e. The number of carbonyl (C=O) groups excluding carboxylic acids is 2. The summed E-state index contributed by atoms with van der Waals surface area (Å²) in [6, 6.07) is 25.7. The number of benzene rings is 4. The number of nitrogens with zero attached hydrogens (tertiary/aromatic N) is 3. The van der Waals surface area contributed by atoms with Crippen LogP contribution in [0.1, 0.15) is 10.4 Å². The molecule has 0 radical (unpaired) electrons. The van der Waals surface area contributed by atoms with Crippen LogP contribution in [0.15, 0.2) is 84.9 Å². The van der Waals surface area contributed by atoms with E-state index in [1.807, 2.05) is 67.5 Å². The van der Waals surface area contributed by atoms with E-state index in [1.165, 1.54) is 0 Å². The standard InChI is InChI=1S/C36H38Cl2N6O4/c1-43(2)22-19-39-35(45)29-9-6-8-28-33(27-7-4-5-10-30(27)41-34(28)29)42-31-23-24(11-16-32(31)47-3)40-36(46)48-26-14-12-25(13-15-26)44(20-17-37)21-18-38/h4-16,23H,17-22H2,1-3H3,(H,39,45)(H,40,46)(H,41,42). The van der Waals surface area contributed by atoms with Gasteiger partial charge in [0.05, 0.1) is 35.1 Å². The number of likely N-dealkylation sites (N-methyl/N-ethyl adjacent to an activating group) is 1. The first kappa shape index (κ1) is 34.6. The van der Waals surface area contributed by atoms with Crippen LogP contribution in [0, 0.1) is 0 Å². The van der Waals surface area contributed by atoms with Gasteiger partial charge in [0.15, 0.2) is 0 Å². The highest BCUT2D eigenvalue weighted by atomic mass is 35.5. The second-order valence-electron chi connectivity index (χ2n) is 11.2. The quantitative estimate of drug-likeness (QED) is 0.0823. The predicted octanol–water partition coefficient (Wildman–Crippen LogP) is 7.33. The number of aromatic nitrogens is 1. The average molecular weight is 690 g/mol. The van der Waals surface area contributed by atoms with E-state index < -0.39 is 6.09 Å². The monoisotopic (exact) mass is 688 g/mol. The maximum absolute atomic E-state index is 13.3. The number of carbonyl (C=O) groups is 2. The summed E-state index contributed by atoms with van der Waals surface area (Å²) in [6.45, 7) is 2.53. The van der Waals surface area contributed by atoms with Gasteiger partial charge in [0.2, 0.25) is 0 Å². The summed E-state index contributed by atoms with van der Waals surface area (Å²) < 4.78 is 11.2. The van der Waals surface area contributed by atoms with E-state index in [9.17, 15) is 9.59 Å². The zero-order chi connectivity index (χ0) is 34.0. The molecule has 0 aliphatic rings. The highest BCUT2D eigenvalue weighted by Crippen LogP contribution is 2.38. The fraction of sp³-hybridized carbons (Fsp3) is 0.250. The Balaban J connectivity index is 1.41. The Kier molecular flexibility index (Phi) is 11.8. The number of nitrogens with one attached hydrogen (secondary N) is 3. The number of anilines is 4. The largest absolute Gasteiger partial charge is 0.495 e. The van der Waals surface area contributed by atoms with E-state index in [4.69, 9.17) is 37.7 Å². The first-order chi connectivity index (χ1) is 23.3. The average Bonchev–Trinajstić information content (AvgIpc) is 3.08. The summed E-state index contributed by atoms with van der Waals surface area (Å²) in [5.74, 6) is 1.68. The van der Waals surface area contributed by atoms with Crippen molar-refractivity contribution in [2.75, 3.05) is 74.7 Å². The van der Waals surface area contributed by atoms with Gasteiger partial charge in [-0.3, -0.25) is 10.1 Å². The van der Waals surface area contributed by atoms with Gasteiger partial charge in [0, 0.05) is 60.1 Å². The Morgan fingerprint density at radius 1 is 0.854 bits per heavy atom. The molecule has 1 heterocycles. The van der Waals surface area contributed by atoms with Crippen LogP contribution in [0.2, 0.25) is 0 Å². The number of amides is 2. The zero-order valence-electron chi connectivity index (χ0n) is 27.1. The molecule has 0 aliphatic heterocycles. The van der Waals surface area contributed by atoms with Crippen LogP contribution in [-0.2, 0) is 0 Å². The molecule has 250 valence electrons. The Morgan fingerprint density at radius 2 is 1.58 bits per heavy atom. The minimum atomic E-state index is -0.651. The number of para-hydroxylation sites is 2. The highest BCUT2D eigenvalue weighted by molar-refractivity contribution is 6.18. The number of fused-ring (bicyclic) bond motifs is 2. The molecule has 0 bridgehead atoms. The molecule has 0 aliphatic carbocycles. The van der Waals surface area contributed by atoms with Crippen molar-refractivity contribution >= 4 is 79.8 Å². The molecule has 48 heavy (non-hydrogen) atoms. The third-order valence-corrected chi connectivity index (χ3v) is 7.97. The van der Waals surface area contributed by atoms with Crippen molar-refractivity contribution in [3.63, 3.8) is 0 Å². The summed E-state index contributed by atoms with van der Waals surface area (Å²) in [5, 5.41) is 10.9. The third-order valence-electron chi connectivity index (χ3n) is 7.63. The maximum Gasteiger partial charge on any atom is 0.417 e. The van der Waals surface area contributed by atoms with Crippen LogP contribution in [0.4, 0.5) is 27.5 Å². The lowest BCUT2D eigenvalue weighted by atomic mass is 10.0. The number of rotatable bonds is 14. The highest BCUT2D eigenvalue weighted by Gasteiger charge is 2.18. The van der Waals surface area contributed by atoms with Crippen molar-refractivity contribution in [2.24, 2.45) is 0 Å². The van der Waals surface area contributed by atoms with E-state index in [0.29, 0.717) is 71.9 Å². The van der Waals surface area contributed by atoms with Crippen molar-refractivity contribution < 1.29 is 19.1 Å². The number of hydrogen-bond acceptors (Lipinski definition) is 8. The van der Waals surface area contributed by atoms with Gasteiger partial charge in [-0.1, -0.05) is 30.3 Å². The molecule has 0 saturated heterocycles. The van der Waals surface area contributed by atoms with Gasteiger partial charge in [0.1, 0.15) is 11.5 Å². The van der Waals surface area contributed by atoms with Crippen LogP contribution in [0.3, 0.4) is 0 Å². The molecule has 5 rings (SSSR count). The molecule has 4 aromatic carbocycles. The molecule has 0 spiro atoms. The van der Waals surface area contributed by atoms with Crippen LogP contribution < -0.4 is 30.3 Å². The fourth-order valence-corrected chi connectivity index (χ4v) is 5.70. The zero-order valence-corrected chi connectivity index (χ0v) is 28.6. The minimum absolute atomic E-state index is 0.198. The van der Waals surface area contributed by atoms with Gasteiger partial charge in [0.25, 0.3) is 5.91 Å². The van der Waals surface area contributed by atoms with Crippen LogP contribution in [-0.4, -0.2) is 81.0 Å². The SMILES string of the molecule is COc1ccc(NC(=O)Oc2ccc(N(CCCl)CCCl)cc2)cc1Nc1c2ccccc2nc2c(C(=O)NCCN(C)C)cccc12. The number of methoxy groups -OCH3 is 1. The van der Waals surface area contributed by atoms with E-state index in [-0.39, 0.29) is 5.91 Å². The number of hydrogen-bond donors (Lipinski definition) is 3. The van der Waals surface area contributed by atoms with Gasteiger partial charge in [-0.2, -0.15) is 0 Å². The molecule has 2 amide bonds. The van der Waals surface area contributed by atoms with Crippen LogP contribution >= 0.6 is 23.2 Å². The third kappa shape index (κ3) is 8.38. The lowest BCUT2D eigenvalue weighted by Crippen LogP contribution is -2.31. The molecule has 1 aromatic heterocycles. The number of ether oxygens (including phenoxy) is 2. The fourth-order valence-electron chi connectivity index (χ4n) is 5.29. The second kappa shape index (κ2) is 16.4. The number of pyridine rings is 1. The Hall–Kier alpha value is -4.77. The smallest absolute Gasteiger partial charge is 0.417 e. The molecular formula is C36H38Cl2N6O4. The predicted molar refractivity (Wildman–Crippen MR) is 196 cm³/mol. The molecule has 0 atom stereocenters. The van der Waals surface area contributed by atoms with Gasteiger partial charge in [-0.15, -0.1) is 23.2 Å². The van der Waals surface area contributed by atoms with Crippen molar-refractivity contribution in [3.05, 3.63) is 90.5 Å². The lowest BCUT2D eigenvalue weighted by molar-refractivity contribution is 0.0952. The van der Waals surface area contributed by atoms with Crippen molar-refractivity contribution in [1.82, 2.24) is 15.2 Å².